The minimum Gasteiger partial charge on any atom is -0.480 e. The largest absolute Gasteiger partial charge is 0.480 e. The maximum Gasteiger partial charge on any atom is 0.410 e. The van der Waals surface area contributed by atoms with Crippen LogP contribution in [0.2, 0.25) is 0 Å². The lowest BCUT2D eigenvalue weighted by molar-refractivity contribution is 0.0192. The minimum atomic E-state index is -3.69. The standard InChI is InChI=1S/C14H24N4O5S/c1-14(2,3)23-13(19)17-6-8-18(9-7-17)24(20,21)12-10-11(22-5)15-16(12)4/h10H,6-9H2,1-5H3. The molecule has 24 heavy (non-hydrogen) atoms. The molecule has 0 aliphatic carbocycles. The van der Waals surface area contributed by atoms with Crippen molar-refractivity contribution in [3.8, 4) is 5.88 Å². The predicted octanol–water partition coefficient (Wildman–Crippen LogP) is 0.670. The van der Waals surface area contributed by atoms with Crippen LogP contribution in [-0.2, 0) is 21.8 Å². The van der Waals surface area contributed by atoms with Gasteiger partial charge in [0.25, 0.3) is 10.0 Å². The second-order valence-electron chi connectivity index (χ2n) is 6.52. The molecule has 1 fully saturated rings. The van der Waals surface area contributed by atoms with Gasteiger partial charge in [-0.1, -0.05) is 0 Å². The van der Waals surface area contributed by atoms with Crippen molar-refractivity contribution in [3.05, 3.63) is 6.07 Å². The molecule has 0 bridgehead atoms. The Labute approximate surface area is 142 Å². The Bertz CT molecular complexity index is 699. The molecule has 9 nitrogen and oxygen atoms in total. The number of nitrogens with zero attached hydrogens (tertiary/aromatic N) is 4. The monoisotopic (exact) mass is 360 g/mol. The average molecular weight is 360 g/mol. The molecule has 0 atom stereocenters. The molecule has 1 aliphatic rings. The molecule has 0 unspecified atom stereocenters. The second-order valence-corrected chi connectivity index (χ2v) is 8.40. The lowest BCUT2D eigenvalue weighted by atomic mass is 10.2. The van der Waals surface area contributed by atoms with Gasteiger partial charge in [-0.2, -0.15) is 4.31 Å². The van der Waals surface area contributed by atoms with Crippen LogP contribution in [0.4, 0.5) is 4.79 Å². The van der Waals surface area contributed by atoms with Gasteiger partial charge in [0, 0.05) is 39.3 Å². The molecule has 10 heteroatoms. The Kier molecular flexibility index (Phi) is 5.09. The Morgan fingerprint density at radius 1 is 1.21 bits per heavy atom. The third-order valence-corrected chi connectivity index (χ3v) is 5.47. The summed E-state index contributed by atoms with van der Waals surface area (Å²) in [6.45, 7) is 6.35. The summed E-state index contributed by atoms with van der Waals surface area (Å²) >= 11 is 0. The highest BCUT2D eigenvalue weighted by molar-refractivity contribution is 7.89. The van der Waals surface area contributed by atoms with Gasteiger partial charge in [-0.15, -0.1) is 5.10 Å². The summed E-state index contributed by atoms with van der Waals surface area (Å²) in [7, 11) is -0.714. The Morgan fingerprint density at radius 3 is 2.25 bits per heavy atom. The molecule has 136 valence electrons. The van der Waals surface area contributed by atoms with Crippen LogP contribution in [0.25, 0.3) is 0 Å². The van der Waals surface area contributed by atoms with E-state index in [0.717, 1.165) is 0 Å². The topological polar surface area (TPSA) is 94.0 Å². The van der Waals surface area contributed by atoms with Gasteiger partial charge >= 0.3 is 6.09 Å². The van der Waals surface area contributed by atoms with Crippen LogP contribution in [-0.4, -0.2) is 72.4 Å². The van der Waals surface area contributed by atoms with Crippen molar-refractivity contribution in [1.82, 2.24) is 19.0 Å². The van der Waals surface area contributed by atoms with Gasteiger partial charge in [0.1, 0.15) is 5.60 Å². The van der Waals surface area contributed by atoms with Crippen LogP contribution in [0.1, 0.15) is 20.8 Å². The lowest BCUT2D eigenvalue weighted by Crippen LogP contribution is -2.51. The zero-order chi connectivity index (χ0) is 18.1. The van der Waals surface area contributed by atoms with Crippen molar-refractivity contribution in [2.24, 2.45) is 7.05 Å². The number of amides is 1. The highest BCUT2D eigenvalue weighted by atomic mass is 32.2. The first-order valence-corrected chi connectivity index (χ1v) is 9.05. The van der Waals surface area contributed by atoms with E-state index in [9.17, 15) is 13.2 Å². The zero-order valence-corrected chi connectivity index (χ0v) is 15.5. The first kappa shape index (κ1) is 18.5. The number of carbonyl (C=O) groups is 1. The fourth-order valence-corrected chi connectivity index (χ4v) is 3.87. The molecule has 1 saturated heterocycles. The summed E-state index contributed by atoms with van der Waals surface area (Å²) < 4.78 is 38.3. The molecule has 1 aromatic heterocycles. The molecule has 1 amide bonds. The number of ether oxygens (including phenoxy) is 2. The summed E-state index contributed by atoms with van der Waals surface area (Å²) in [5, 5.41) is 4.04. The van der Waals surface area contributed by atoms with E-state index in [1.807, 2.05) is 0 Å². The molecule has 1 aromatic rings. The summed E-state index contributed by atoms with van der Waals surface area (Å²) in [5.41, 5.74) is -0.578. The van der Waals surface area contributed by atoms with Crippen molar-refractivity contribution < 1.29 is 22.7 Å². The van der Waals surface area contributed by atoms with Crippen LogP contribution < -0.4 is 4.74 Å². The van der Waals surface area contributed by atoms with E-state index in [0.29, 0.717) is 0 Å². The second kappa shape index (κ2) is 6.60. The molecule has 1 aliphatic heterocycles. The number of aryl methyl sites for hydroxylation is 1. The average Bonchev–Trinajstić information content (AvgIpc) is 2.87. The molecule has 0 N–H and O–H groups in total. The predicted molar refractivity (Wildman–Crippen MR) is 86.3 cm³/mol. The van der Waals surface area contributed by atoms with E-state index in [-0.39, 0.29) is 37.1 Å². The number of hydrogen-bond donors (Lipinski definition) is 0. The number of hydrogen-bond acceptors (Lipinski definition) is 6. The first-order valence-electron chi connectivity index (χ1n) is 7.61. The van der Waals surface area contributed by atoms with E-state index in [1.54, 1.807) is 27.8 Å². The van der Waals surface area contributed by atoms with Gasteiger partial charge in [0.05, 0.1) is 7.11 Å². The molecule has 0 spiro atoms. The van der Waals surface area contributed by atoms with Gasteiger partial charge in [0.15, 0.2) is 5.03 Å². The van der Waals surface area contributed by atoms with Crippen molar-refractivity contribution in [2.45, 2.75) is 31.4 Å². The number of sulfonamides is 1. The van der Waals surface area contributed by atoms with Crippen LogP contribution in [0, 0.1) is 0 Å². The molecule has 2 rings (SSSR count). The number of piperazine rings is 1. The Balaban J connectivity index is 2.05. The molecule has 0 radical (unpaired) electrons. The van der Waals surface area contributed by atoms with Gasteiger partial charge in [-0.3, -0.25) is 4.68 Å². The molecular formula is C14H24N4O5S. The molecule has 0 aromatic carbocycles. The fourth-order valence-electron chi connectivity index (χ4n) is 2.34. The van der Waals surface area contributed by atoms with Crippen LogP contribution >= 0.6 is 0 Å². The van der Waals surface area contributed by atoms with Crippen LogP contribution in [0.3, 0.4) is 0 Å². The quantitative estimate of drug-likeness (QED) is 0.786. The minimum absolute atomic E-state index is 0.0602. The molecule has 2 heterocycles. The number of methoxy groups -OCH3 is 1. The van der Waals surface area contributed by atoms with Gasteiger partial charge in [-0.25, -0.2) is 13.2 Å². The number of rotatable bonds is 3. The lowest BCUT2D eigenvalue weighted by Gasteiger charge is -2.34. The van der Waals surface area contributed by atoms with Gasteiger partial charge in [-0.05, 0) is 20.8 Å². The third kappa shape index (κ3) is 3.99. The SMILES string of the molecule is COc1cc(S(=O)(=O)N2CCN(C(=O)OC(C)(C)C)CC2)n(C)n1. The fraction of sp³-hybridized carbons (Fsp3) is 0.714. The third-order valence-electron chi connectivity index (χ3n) is 3.52. The van der Waals surface area contributed by atoms with Crippen LogP contribution in [0.15, 0.2) is 11.1 Å². The summed E-state index contributed by atoms with van der Waals surface area (Å²) in [5.74, 6) is 0.239. The normalized spacial score (nSPS) is 17.0. The molecule has 0 saturated carbocycles. The van der Waals surface area contributed by atoms with Crippen molar-refractivity contribution in [3.63, 3.8) is 0 Å². The van der Waals surface area contributed by atoms with E-state index in [2.05, 4.69) is 5.10 Å². The van der Waals surface area contributed by atoms with Crippen LogP contribution in [0.5, 0.6) is 5.88 Å². The maximum atomic E-state index is 12.7. The van der Waals surface area contributed by atoms with Gasteiger partial charge < -0.3 is 14.4 Å². The Morgan fingerprint density at radius 2 is 1.79 bits per heavy atom. The molecular weight excluding hydrogens is 336 g/mol. The van der Waals surface area contributed by atoms with E-state index < -0.39 is 21.7 Å². The summed E-state index contributed by atoms with van der Waals surface area (Å²) in [6, 6.07) is 1.38. The number of aromatic nitrogens is 2. The van der Waals surface area contributed by atoms with E-state index in [4.69, 9.17) is 9.47 Å². The Hall–Kier alpha value is -1.81. The summed E-state index contributed by atoms with van der Waals surface area (Å²) in [6.07, 6.45) is -0.429. The number of carbonyl (C=O) groups excluding carboxylic acids is 1. The van der Waals surface area contributed by atoms with E-state index >= 15 is 0 Å². The van der Waals surface area contributed by atoms with Crippen molar-refractivity contribution >= 4 is 16.1 Å². The summed E-state index contributed by atoms with van der Waals surface area (Å²) in [4.78, 5) is 13.6. The maximum absolute atomic E-state index is 12.7. The van der Waals surface area contributed by atoms with Crippen molar-refractivity contribution in [1.29, 1.82) is 0 Å². The first-order chi connectivity index (χ1) is 11.0. The zero-order valence-electron chi connectivity index (χ0n) is 14.6. The van der Waals surface area contributed by atoms with E-state index in [1.165, 1.54) is 27.1 Å². The smallest absolute Gasteiger partial charge is 0.410 e. The highest BCUT2D eigenvalue weighted by Gasteiger charge is 2.33. The van der Waals surface area contributed by atoms with Crippen molar-refractivity contribution in [2.75, 3.05) is 33.3 Å². The van der Waals surface area contributed by atoms with Gasteiger partial charge in [0.2, 0.25) is 5.88 Å². The highest BCUT2D eigenvalue weighted by Crippen LogP contribution is 2.21.